The van der Waals surface area contributed by atoms with Gasteiger partial charge in [0, 0.05) is 18.5 Å². The van der Waals surface area contributed by atoms with Crippen LogP contribution in [0.2, 0.25) is 0 Å². The van der Waals surface area contributed by atoms with E-state index in [0.29, 0.717) is 17.0 Å². The SMILES string of the molecule is COc1ccc(N(CCC(=O)NC(C)C(=O)NC(C)(C)C)S(=O)(=O)c2ccc(C)cc2C)cc1. The molecule has 1 atom stereocenters. The molecule has 0 aliphatic heterocycles. The average Bonchev–Trinajstić information content (AvgIpc) is 2.72. The van der Waals surface area contributed by atoms with Crippen molar-refractivity contribution in [2.45, 2.75) is 64.4 Å². The van der Waals surface area contributed by atoms with Crippen molar-refractivity contribution in [1.29, 1.82) is 0 Å². The van der Waals surface area contributed by atoms with E-state index in [2.05, 4.69) is 10.6 Å². The zero-order chi connectivity index (χ0) is 25.7. The molecule has 0 radical (unpaired) electrons. The molecule has 0 aliphatic rings. The highest BCUT2D eigenvalue weighted by Gasteiger charge is 2.28. The molecule has 8 nitrogen and oxygen atoms in total. The Morgan fingerprint density at radius 2 is 1.68 bits per heavy atom. The molecule has 2 rings (SSSR count). The largest absolute Gasteiger partial charge is 0.497 e. The first-order valence-electron chi connectivity index (χ1n) is 11.1. The second-order valence-corrected chi connectivity index (χ2v) is 11.2. The number of benzene rings is 2. The number of amides is 2. The van der Waals surface area contributed by atoms with Gasteiger partial charge in [0.15, 0.2) is 0 Å². The van der Waals surface area contributed by atoms with Crippen molar-refractivity contribution >= 4 is 27.5 Å². The number of carbonyl (C=O) groups is 2. The number of anilines is 1. The second-order valence-electron chi connectivity index (χ2n) is 9.32. The number of hydrogen-bond acceptors (Lipinski definition) is 5. The Bertz CT molecular complexity index is 1120. The molecular weight excluding hydrogens is 454 g/mol. The summed E-state index contributed by atoms with van der Waals surface area (Å²) < 4.78 is 33.6. The quantitative estimate of drug-likeness (QED) is 0.562. The van der Waals surface area contributed by atoms with Gasteiger partial charge in [0.1, 0.15) is 11.8 Å². The molecule has 34 heavy (non-hydrogen) atoms. The molecule has 0 aromatic heterocycles. The van der Waals surface area contributed by atoms with Gasteiger partial charge in [0.2, 0.25) is 11.8 Å². The van der Waals surface area contributed by atoms with Gasteiger partial charge in [-0.1, -0.05) is 17.7 Å². The van der Waals surface area contributed by atoms with Crippen LogP contribution in [-0.4, -0.2) is 45.5 Å². The minimum absolute atomic E-state index is 0.0958. The number of nitrogens with zero attached hydrogens (tertiary/aromatic N) is 1. The lowest BCUT2D eigenvalue weighted by Gasteiger charge is -2.26. The van der Waals surface area contributed by atoms with Gasteiger partial charge in [0.25, 0.3) is 10.0 Å². The predicted molar refractivity (Wildman–Crippen MR) is 134 cm³/mol. The minimum atomic E-state index is -3.95. The summed E-state index contributed by atoms with van der Waals surface area (Å²) in [4.78, 5) is 25.1. The van der Waals surface area contributed by atoms with Gasteiger partial charge >= 0.3 is 0 Å². The molecule has 0 aliphatic carbocycles. The normalized spacial score (nSPS) is 12.6. The number of carbonyl (C=O) groups excluding carboxylic acids is 2. The van der Waals surface area contributed by atoms with E-state index in [-0.39, 0.29) is 23.8 Å². The van der Waals surface area contributed by atoms with Crippen molar-refractivity contribution in [1.82, 2.24) is 10.6 Å². The van der Waals surface area contributed by atoms with Crippen molar-refractivity contribution in [2.24, 2.45) is 0 Å². The van der Waals surface area contributed by atoms with Crippen LogP contribution < -0.4 is 19.7 Å². The molecule has 0 heterocycles. The summed E-state index contributed by atoms with van der Waals surface area (Å²) in [5.41, 5.74) is 1.55. The number of sulfonamides is 1. The van der Waals surface area contributed by atoms with Crippen LogP contribution >= 0.6 is 0 Å². The van der Waals surface area contributed by atoms with E-state index in [1.54, 1.807) is 56.3 Å². The van der Waals surface area contributed by atoms with E-state index in [1.165, 1.54) is 11.4 Å². The Morgan fingerprint density at radius 3 is 2.21 bits per heavy atom. The summed E-state index contributed by atoms with van der Waals surface area (Å²) in [6.07, 6.45) is -0.122. The maximum atomic E-state index is 13.6. The van der Waals surface area contributed by atoms with Gasteiger partial charge in [-0.2, -0.15) is 0 Å². The Balaban J connectivity index is 2.27. The van der Waals surface area contributed by atoms with Crippen LogP contribution in [0.1, 0.15) is 45.2 Å². The Labute approximate surface area is 202 Å². The zero-order valence-corrected chi connectivity index (χ0v) is 21.7. The van der Waals surface area contributed by atoms with Gasteiger partial charge in [-0.3, -0.25) is 13.9 Å². The lowest BCUT2D eigenvalue weighted by Crippen LogP contribution is -2.51. The fraction of sp³-hybridized carbons (Fsp3) is 0.440. The third-order valence-electron chi connectivity index (χ3n) is 5.07. The number of aryl methyl sites for hydroxylation is 2. The van der Waals surface area contributed by atoms with E-state index < -0.39 is 27.5 Å². The van der Waals surface area contributed by atoms with Crippen molar-refractivity contribution in [3.05, 3.63) is 53.6 Å². The number of nitrogens with one attached hydrogen (secondary N) is 2. The number of rotatable bonds is 9. The summed E-state index contributed by atoms with van der Waals surface area (Å²) in [6, 6.07) is 11.0. The third kappa shape index (κ3) is 7.21. The van der Waals surface area contributed by atoms with Crippen LogP contribution in [0.4, 0.5) is 5.69 Å². The molecule has 2 aromatic rings. The second kappa shape index (κ2) is 10.9. The highest BCUT2D eigenvalue weighted by atomic mass is 32.2. The topological polar surface area (TPSA) is 105 Å². The van der Waals surface area contributed by atoms with Crippen LogP contribution in [-0.2, 0) is 19.6 Å². The molecular formula is C25H35N3O5S. The van der Waals surface area contributed by atoms with Crippen molar-refractivity contribution in [3.63, 3.8) is 0 Å². The smallest absolute Gasteiger partial charge is 0.264 e. The van der Waals surface area contributed by atoms with E-state index in [9.17, 15) is 18.0 Å². The van der Waals surface area contributed by atoms with Crippen LogP contribution in [0.15, 0.2) is 47.4 Å². The maximum Gasteiger partial charge on any atom is 0.264 e. The van der Waals surface area contributed by atoms with E-state index >= 15 is 0 Å². The first-order chi connectivity index (χ1) is 15.7. The first-order valence-corrected chi connectivity index (χ1v) is 12.5. The van der Waals surface area contributed by atoms with E-state index in [0.717, 1.165) is 5.56 Å². The van der Waals surface area contributed by atoms with Crippen LogP contribution in [0.3, 0.4) is 0 Å². The minimum Gasteiger partial charge on any atom is -0.497 e. The number of ether oxygens (including phenoxy) is 1. The van der Waals surface area contributed by atoms with Crippen molar-refractivity contribution in [3.8, 4) is 5.75 Å². The maximum absolute atomic E-state index is 13.6. The summed E-state index contributed by atoms with van der Waals surface area (Å²) in [5.74, 6) is -0.147. The van der Waals surface area contributed by atoms with Crippen LogP contribution in [0, 0.1) is 13.8 Å². The lowest BCUT2D eigenvalue weighted by atomic mass is 10.1. The van der Waals surface area contributed by atoms with E-state index in [1.807, 2.05) is 27.7 Å². The average molecular weight is 490 g/mol. The molecule has 2 aromatic carbocycles. The standard InChI is InChI=1S/C25H35N3O5S/c1-17-8-13-22(18(2)16-17)34(31,32)28(20-9-11-21(33-7)12-10-20)15-14-23(29)26-19(3)24(30)27-25(4,5)6/h8-13,16,19H,14-15H2,1-7H3,(H,26,29)(H,27,30). The fourth-order valence-electron chi connectivity index (χ4n) is 3.40. The molecule has 1 unspecified atom stereocenters. The highest BCUT2D eigenvalue weighted by molar-refractivity contribution is 7.92. The number of methoxy groups -OCH3 is 1. The van der Waals surface area contributed by atoms with Gasteiger partial charge in [-0.05, 0) is 77.4 Å². The molecule has 0 bridgehead atoms. The zero-order valence-electron chi connectivity index (χ0n) is 20.9. The predicted octanol–water partition coefficient (Wildman–Crippen LogP) is 3.32. The van der Waals surface area contributed by atoms with Crippen molar-refractivity contribution in [2.75, 3.05) is 18.0 Å². The van der Waals surface area contributed by atoms with Crippen molar-refractivity contribution < 1.29 is 22.7 Å². The Morgan fingerprint density at radius 1 is 1.06 bits per heavy atom. The Hall–Kier alpha value is -3.07. The van der Waals surface area contributed by atoms with E-state index in [4.69, 9.17) is 4.74 Å². The summed E-state index contributed by atoms with van der Waals surface area (Å²) in [7, 11) is -2.42. The summed E-state index contributed by atoms with van der Waals surface area (Å²) in [5, 5.41) is 5.46. The highest BCUT2D eigenvalue weighted by Crippen LogP contribution is 2.28. The molecule has 0 spiro atoms. The molecule has 0 saturated carbocycles. The summed E-state index contributed by atoms with van der Waals surface area (Å²) >= 11 is 0. The molecule has 9 heteroatoms. The third-order valence-corrected chi connectivity index (χ3v) is 7.06. The van der Waals surface area contributed by atoms with Crippen LogP contribution in [0.25, 0.3) is 0 Å². The van der Waals surface area contributed by atoms with Gasteiger partial charge in [-0.25, -0.2) is 8.42 Å². The first kappa shape index (κ1) is 27.2. The molecule has 186 valence electrons. The van der Waals surface area contributed by atoms with Gasteiger partial charge in [-0.15, -0.1) is 0 Å². The Kier molecular flexibility index (Phi) is 8.72. The monoisotopic (exact) mass is 489 g/mol. The van der Waals surface area contributed by atoms with Crippen LogP contribution in [0.5, 0.6) is 5.75 Å². The van der Waals surface area contributed by atoms with Gasteiger partial charge < -0.3 is 15.4 Å². The number of hydrogen-bond donors (Lipinski definition) is 2. The lowest BCUT2D eigenvalue weighted by molar-refractivity contribution is -0.129. The molecule has 2 N–H and O–H groups in total. The molecule has 0 fully saturated rings. The fourth-order valence-corrected chi connectivity index (χ4v) is 5.08. The molecule has 2 amide bonds. The van der Waals surface area contributed by atoms with Gasteiger partial charge in [0.05, 0.1) is 17.7 Å². The summed E-state index contributed by atoms with van der Waals surface area (Å²) in [6.45, 7) is 10.7. The molecule has 0 saturated heterocycles.